The van der Waals surface area contributed by atoms with Crippen LogP contribution in [0.5, 0.6) is 5.75 Å². The Morgan fingerprint density at radius 2 is 2.10 bits per heavy atom. The highest BCUT2D eigenvalue weighted by Crippen LogP contribution is 2.30. The van der Waals surface area contributed by atoms with Gasteiger partial charge in [0, 0.05) is 41.1 Å². The Morgan fingerprint density at radius 3 is 2.84 bits per heavy atom. The average molecular weight is 442 g/mol. The molecule has 0 spiro atoms. The number of rotatable bonds is 9. The first-order valence-electron chi connectivity index (χ1n) is 10.8. The van der Waals surface area contributed by atoms with Crippen molar-refractivity contribution in [2.75, 3.05) is 0 Å². The number of hydrogen-bond acceptors (Lipinski definition) is 5. The van der Waals surface area contributed by atoms with E-state index < -0.39 is 5.97 Å². The molecule has 164 valence electrons. The zero-order valence-corrected chi connectivity index (χ0v) is 18.5. The summed E-state index contributed by atoms with van der Waals surface area (Å²) >= 11 is 6.51. The van der Waals surface area contributed by atoms with Crippen LogP contribution in [0.25, 0.3) is 0 Å². The number of aliphatic carboxylic acids is 1. The standard InChI is InChI=1S/C24H28ClN3O3/c1-2-5-18-10-23(31-15-17-8-16(11-26)12-27-13-17)19(9-21(18)25)14-28-22-7-4-3-6-20(22)24(29)30/h8-10,12-13,20,22,28H,2-7,14-15H2,1H3,(H,29,30)/t20?,22-/m0/s1. The second-order valence-corrected chi connectivity index (χ2v) is 8.41. The van der Waals surface area contributed by atoms with E-state index in [4.69, 9.17) is 21.6 Å². The van der Waals surface area contributed by atoms with Crippen LogP contribution < -0.4 is 10.1 Å². The molecule has 1 heterocycles. The predicted octanol–water partition coefficient (Wildman–Crippen LogP) is 4.87. The Labute approximate surface area is 188 Å². The number of nitriles is 1. The van der Waals surface area contributed by atoms with Crippen molar-refractivity contribution in [3.8, 4) is 11.8 Å². The summed E-state index contributed by atoms with van der Waals surface area (Å²) in [6, 6.07) is 7.67. The number of aromatic nitrogens is 1. The van der Waals surface area contributed by atoms with Gasteiger partial charge in [-0.25, -0.2) is 0 Å². The first-order chi connectivity index (χ1) is 15.0. The lowest BCUT2D eigenvalue weighted by Crippen LogP contribution is -2.41. The van der Waals surface area contributed by atoms with Gasteiger partial charge < -0.3 is 15.2 Å². The third-order valence-corrected chi connectivity index (χ3v) is 6.06. The number of nitrogens with zero attached hydrogens (tertiary/aromatic N) is 2. The third-order valence-electron chi connectivity index (χ3n) is 5.71. The molecule has 7 heteroatoms. The number of ether oxygens (including phenoxy) is 1. The van der Waals surface area contributed by atoms with Crippen LogP contribution in [0.15, 0.2) is 30.6 Å². The van der Waals surface area contributed by atoms with Gasteiger partial charge in [0.25, 0.3) is 0 Å². The molecule has 2 N–H and O–H groups in total. The molecule has 31 heavy (non-hydrogen) atoms. The number of hydrogen-bond donors (Lipinski definition) is 2. The summed E-state index contributed by atoms with van der Waals surface area (Å²) in [6.45, 7) is 2.86. The lowest BCUT2D eigenvalue weighted by molar-refractivity contribution is -0.143. The maximum Gasteiger partial charge on any atom is 0.308 e. The summed E-state index contributed by atoms with van der Waals surface area (Å²) in [4.78, 5) is 15.7. The maximum absolute atomic E-state index is 11.6. The van der Waals surface area contributed by atoms with Gasteiger partial charge in [0.15, 0.2) is 0 Å². The zero-order chi connectivity index (χ0) is 22.2. The van der Waals surface area contributed by atoms with E-state index in [1.807, 2.05) is 12.1 Å². The van der Waals surface area contributed by atoms with E-state index in [-0.39, 0.29) is 18.6 Å². The van der Waals surface area contributed by atoms with Gasteiger partial charge in [0.05, 0.1) is 11.5 Å². The van der Waals surface area contributed by atoms with Crippen LogP contribution in [-0.4, -0.2) is 22.1 Å². The Hall–Kier alpha value is -2.62. The molecule has 1 unspecified atom stereocenters. The second kappa shape index (κ2) is 11.1. The minimum Gasteiger partial charge on any atom is -0.489 e. The minimum absolute atomic E-state index is 0.0651. The van der Waals surface area contributed by atoms with Crippen molar-refractivity contribution < 1.29 is 14.6 Å². The molecule has 0 bridgehead atoms. The van der Waals surface area contributed by atoms with E-state index in [2.05, 4.69) is 23.3 Å². The van der Waals surface area contributed by atoms with E-state index >= 15 is 0 Å². The van der Waals surface area contributed by atoms with Gasteiger partial charge in [-0.15, -0.1) is 0 Å². The number of carboxylic acids is 1. The lowest BCUT2D eigenvalue weighted by Gasteiger charge is -2.29. The normalized spacial score (nSPS) is 18.4. The van der Waals surface area contributed by atoms with Crippen molar-refractivity contribution in [1.82, 2.24) is 10.3 Å². The number of benzene rings is 1. The van der Waals surface area contributed by atoms with E-state index in [0.717, 1.165) is 48.8 Å². The largest absolute Gasteiger partial charge is 0.489 e. The first kappa shape index (κ1) is 23.1. The number of carboxylic acid groups (broad SMARTS) is 1. The minimum atomic E-state index is -0.741. The summed E-state index contributed by atoms with van der Waals surface area (Å²) in [5.74, 6) is -0.395. The fourth-order valence-corrected chi connectivity index (χ4v) is 4.35. The molecule has 0 amide bonds. The number of nitrogens with one attached hydrogen (secondary N) is 1. The van der Waals surface area contributed by atoms with Crippen LogP contribution in [0.4, 0.5) is 0 Å². The van der Waals surface area contributed by atoms with Gasteiger partial charge in [-0.3, -0.25) is 9.78 Å². The molecule has 1 fully saturated rings. The van der Waals surface area contributed by atoms with Gasteiger partial charge >= 0.3 is 5.97 Å². The summed E-state index contributed by atoms with van der Waals surface area (Å²) in [6.07, 6.45) is 8.55. The van der Waals surface area contributed by atoms with Crippen LogP contribution in [0.1, 0.15) is 61.3 Å². The summed E-state index contributed by atoms with van der Waals surface area (Å²) in [7, 11) is 0. The van der Waals surface area contributed by atoms with Gasteiger partial charge in [-0.05, 0) is 43.0 Å². The Morgan fingerprint density at radius 1 is 1.29 bits per heavy atom. The second-order valence-electron chi connectivity index (χ2n) is 8.00. The number of halogens is 1. The van der Waals surface area contributed by atoms with E-state index in [0.29, 0.717) is 29.3 Å². The van der Waals surface area contributed by atoms with Crippen molar-refractivity contribution in [3.63, 3.8) is 0 Å². The lowest BCUT2D eigenvalue weighted by atomic mass is 9.84. The highest BCUT2D eigenvalue weighted by Gasteiger charge is 2.30. The van der Waals surface area contributed by atoms with E-state index in [1.165, 1.54) is 6.20 Å². The zero-order valence-electron chi connectivity index (χ0n) is 17.7. The van der Waals surface area contributed by atoms with Crippen LogP contribution in [0.2, 0.25) is 5.02 Å². The smallest absolute Gasteiger partial charge is 0.308 e. The number of aryl methyl sites for hydroxylation is 1. The molecule has 2 aromatic rings. The average Bonchev–Trinajstić information content (AvgIpc) is 2.78. The Balaban J connectivity index is 1.78. The quantitative estimate of drug-likeness (QED) is 0.576. The summed E-state index contributed by atoms with van der Waals surface area (Å²) in [5.41, 5.74) is 3.21. The predicted molar refractivity (Wildman–Crippen MR) is 119 cm³/mol. The van der Waals surface area contributed by atoms with Crippen LogP contribution in [-0.2, 0) is 24.4 Å². The van der Waals surface area contributed by atoms with Crippen LogP contribution >= 0.6 is 11.6 Å². The van der Waals surface area contributed by atoms with Crippen molar-refractivity contribution in [2.45, 2.75) is 64.6 Å². The van der Waals surface area contributed by atoms with Crippen LogP contribution in [0.3, 0.4) is 0 Å². The van der Waals surface area contributed by atoms with Crippen molar-refractivity contribution in [3.05, 3.63) is 57.9 Å². The fraction of sp³-hybridized carbons (Fsp3) is 0.458. The molecule has 0 saturated heterocycles. The van der Waals surface area contributed by atoms with Gasteiger partial charge in [-0.1, -0.05) is 37.8 Å². The monoisotopic (exact) mass is 441 g/mol. The Kier molecular flexibility index (Phi) is 8.27. The molecule has 0 aliphatic heterocycles. The summed E-state index contributed by atoms with van der Waals surface area (Å²) in [5, 5.41) is 22.7. The molecule has 1 aromatic carbocycles. The van der Waals surface area contributed by atoms with E-state index in [1.54, 1.807) is 12.3 Å². The molecule has 0 radical (unpaired) electrons. The molecule has 1 aliphatic rings. The van der Waals surface area contributed by atoms with E-state index in [9.17, 15) is 9.90 Å². The number of pyridine rings is 1. The molecular formula is C24H28ClN3O3. The highest BCUT2D eigenvalue weighted by atomic mass is 35.5. The Bertz CT molecular complexity index is 958. The SMILES string of the molecule is CCCc1cc(OCc2cncc(C#N)c2)c(CN[C@H]2CCCCC2C(=O)O)cc1Cl. The van der Waals surface area contributed by atoms with Crippen molar-refractivity contribution >= 4 is 17.6 Å². The highest BCUT2D eigenvalue weighted by molar-refractivity contribution is 6.31. The maximum atomic E-state index is 11.6. The molecule has 1 aromatic heterocycles. The fourth-order valence-electron chi connectivity index (χ4n) is 4.07. The molecule has 6 nitrogen and oxygen atoms in total. The van der Waals surface area contributed by atoms with Crippen LogP contribution in [0, 0.1) is 17.2 Å². The topological polar surface area (TPSA) is 95.2 Å². The van der Waals surface area contributed by atoms with Gasteiger partial charge in [-0.2, -0.15) is 5.26 Å². The molecule has 1 saturated carbocycles. The van der Waals surface area contributed by atoms with Crippen molar-refractivity contribution in [2.24, 2.45) is 5.92 Å². The molecule has 3 rings (SSSR count). The molecule has 2 atom stereocenters. The number of carbonyl (C=O) groups is 1. The first-order valence-corrected chi connectivity index (χ1v) is 11.1. The molecular weight excluding hydrogens is 414 g/mol. The van der Waals surface area contributed by atoms with Gasteiger partial charge in [0.1, 0.15) is 18.4 Å². The van der Waals surface area contributed by atoms with Crippen molar-refractivity contribution in [1.29, 1.82) is 5.26 Å². The van der Waals surface area contributed by atoms with Gasteiger partial charge in [0.2, 0.25) is 0 Å². The summed E-state index contributed by atoms with van der Waals surface area (Å²) < 4.78 is 6.11. The molecule has 1 aliphatic carbocycles. The third kappa shape index (κ3) is 6.19.